The van der Waals surface area contributed by atoms with Crippen molar-refractivity contribution in [2.75, 3.05) is 12.4 Å². The smallest absolute Gasteiger partial charge is 0.325 e. The molecule has 0 aliphatic rings. The van der Waals surface area contributed by atoms with Crippen molar-refractivity contribution >= 4 is 55.5 Å². The van der Waals surface area contributed by atoms with Gasteiger partial charge in [0, 0.05) is 17.0 Å². The van der Waals surface area contributed by atoms with Crippen LogP contribution in [0.25, 0.3) is 0 Å². The number of urea groups is 1. The molecule has 0 saturated heterocycles. The molecular weight excluding hydrogens is 412 g/mol. The van der Waals surface area contributed by atoms with Crippen molar-refractivity contribution in [3.8, 4) is 5.75 Å². The second-order valence-corrected chi connectivity index (χ2v) is 5.57. The predicted molar refractivity (Wildman–Crippen MR) is 82.4 cm³/mol. The second-order valence-electron chi connectivity index (χ2n) is 3.86. The van der Waals surface area contributed by atoms with Crippen LogP contribution >= 0.6 is 31.9 Å². The zero-order valence-corrected chi connectivity index (χ0v) is 14.1. The van der Waals surface area contributed by atoms with Crippen molar-refractivity contribution in [2.24, 2.45) is 0 Å². The number of imide groups is 1. The number of amides is 3. The Labute approximate surface area is 137 Å². The van der Waals surface area contributed by atoms with E-state index in [1.807, 2.05) is 5.32 Å². The second kappa shape index (κ2) is 7.99. The number of anilines is 1. The standard InChI is InChI=1S/C12H12Br2N2O5/c1-21-9-5-8(6(13)4-7(9)14)15-12(20)16-10(17)2-3-11(18)19/h4-5H,2-3H2,1H3,(H,18,19)(H2,15,16,17,20). The van der Waals surface area contributed by atoms with Crippen LogP contribution in [0.1, 0.15) is 12.8 Å². The lowest BCUT2D eigenvalue weighted by atomic mass is 10.3. The van der Waals surface area contributed by atoms with Crippen molar-refractivity contribution in [1.29, 1.82) is 0 Å². The molecule has 0 aromatic heterocycles. The third-order valence-electron chi connectivity index (χ3n) is 2.31. The molecule has 0 heterocycles. The van der Waals surface area contributed by atoms with Crippen molar-refractivity contribution in [2.45, 2.75) is 12.8 Å². The largest absolute Gasteiger partial charge is 0.495 e. The molecule has 0 unspecified atom stereocenters. The maximum atomic E-state index is 11.6. The molecule has 114 valence electrons. The van der Waals surface area contributed by atoms with E-state index in [1.165, 1.54) is 7.11 Å². The van der Waals surface area contributed by atoms with Gasteiger partial charge in [-0.3, -0.25) is 14.9 Å². The third-order valence-corrected chi connectivity index (χ3v) is 3.58. The van der Waals surface area contributed by atoms with E-state index in [9.17, 15) is 14.4 Å². The highest BCUT2D eigenvalue weighted by Gasteiger charge is 2.13. The van der Waals surface area contributed by atoms with Gasteiger partial charge in [-0.05, 0) is 37.9 Å². The Kier molecular flexibility index (Phi) is 6.63. The lowest BCUT2D eigenvalue weighted by Crippen LogP contribution is -2.34. The summed E-state index contributed by atoms with van der Waals surface area (Å²) in [7, 11) is 1.48. The number of hydrogen-bond donors (Lipinski definition) is 3. The minimum Gasteiger partial charge on any atom is -0.495 e. The van der Waals surface area contributed by atoms with Crippen molar-refractivity contribution in [3.63, 3.8) is 0 Å². The normalized spacial score (nSPS) is 9.86. The number of carbonyl (C=O) groups is 3. The molecule has 7 nitrogen and oxygen atoms in total. The summed E-state index contributed by atoms with van der Waals surface area (Å²) < 4.78 is 6.38. The van der Waals surface area contributed by atoms with Crippen molar-refractivity contribution in [1.82, 2.24) is 5.32 Å². The number of hydrogen-bond acceptors (Lipinski definition) is 4. The summed E-state index contributed by atoms with van der Waals surface area (Å²) >= 11 is 6.55. The van der Waals surface area contributed by atoms with E-state index in [-0.39, 0.29) is 12.8 Å². The monoisotopic (exact) mass is 422 g/mol. The fourth-order valence-electron chi connectivity index (χ4n) is 1.34. The van der Waals surface area contributed by atoms with Gasteiger partial charge >= 0.3 is 12.0 Å². The zero-order chi connectivity index (χ0) is 16.0. The van der Waals surface area contributed by atoms with E-state index < -0.39 is 17.9 Å². The molecule has 0 radical (unpaired) electrons. The molecule has 21 heavy (non-hydrogen) atoms. The Hall–Kier alpha value is -1.61. The number of benzene rings is 1. The van der Waals surface area contributed by atoms with E-state index in [4.69, 9.17) is 9.84 Å². The Bertz CT molecular complexity index is 577. The van der Waals surface area contributed by atoms with Crippen LogP contribution in [0.15, 0.2) is 21.1 Å². The van der Waals surface area contributed by atoms with E-state index in [0.29, 0.717) is 20.4 Å². The molecule has 1 rings (SSSR count). The molecule has 0 spiro atoms. The lowest BCUT2D eigenvalue weighted by Gasteiger charge is -2.11. The van der Waals surface area contributed by atoms with E-state index in [0.717, 1.165) is 0 Å². The van der Waals surface area contributed by atoms with Gasteiger partial charge in [0.1, 0.15) is 5.75 Å². The van der Waals surface area contributed by atoms with Gasteiger partial charge in [-0.2, -0.15) is 0 Å². The first-order valence-electron chi connectivity index (χ1n) is 5.69. The van der Waals surface area contributed by atoms with Crippen LogP contribution in [0.5, 0.6) is 5.75 Å². The third kappa shape index (κ3) is 5.72. The Morgan fingerprint density at radius 3 is 2.43 bits per heavy atom. The van der Waals surface area contributed by atoms with Crippen LogP contribution < -0.4 is 15.4 Å². The van der Waals surface area contributed by atoms with E-state index in [1.54, 1.807) is 12.1 Å². The summed E-state index contributed by atoms with van der Waals surface area (Å²) in [5.74, 6) is -1.27. The number of nitrogens with one attached hydrogen (secondary N) is 2. The zero-order valence-electron chi connectivity index (χ0n) is 10.9. The predicted octanol–water partition coefficient (Wildman–Crippen LogP) is 2.73. The Morgan fingerprint density at radius 1 is 1.19 bits per heavy atom. The maximum Gasteiger partial charge on any atom is 0.325 e. The highest BCUT2D eigenvalue weighted by Crippen LogP contribution is 2.34. The van der Waals surface area contributed by atoms with Gasteiger partial charge < -0.3 is 15.2 Å². The van der Waals surface area contributed by atoms with Gasteiger partial charge in [0.2, 0.25) is 5.91 Å². The molecule has 0 bridgehead atoms. The molecule has 0 aliphatic carbocycles. The molecule has 3 amide bonds. The van der Waals surface area contributed by atoms with Crippen LogP contribution in [0.2, 0.25) is 0 Å². The number of ether oxygens (including phenoxy) is 1. The van der Waals surface area contributed by atoms with Gasteiger partial charge in [0.15, 0.2) is 0 Å². The molecule has 1 aromatic carbocycles. The summed E-state index contributed by atoms with van der Waals surface area (Å²) in [6, 6.07) is 2.49. The summed E-state index contributed by atoms with van der Waals surface area (Å²) in [6.45, 7) is 0. The number of carboxylic acid groups (broad SMARTS) is 1. The summed E-state index contributed by atoms with van der Waals surface area (Å²) in [6.07, 6.45) is -0.609. The highest BCUT2D eigenvalue weighted by atomic mass is 79.9. The van der Waals surface area contributed by atoms with Gasteiger partial charge in [-0.15, -0.1) is 0 Å². The molecule has 3 N–H and O–H groups in total. The first-order chi connectivity index (χ1) is 9.83. The molecule has 1 aromatic rings. The minimum absolute atomic E-state index is 0.270. The van der Waals surface area contributed by atoms with Crippen LogP contribution in [0, 0.1) is 0 Å². The number of aliphatic carboxylic acids is 1. The Morgan fingerprint density at radius 2 is 1.86 bits per heavy atom. The molecule has 0 fully saturated rings. The quantitative estimate of drug-likeness (QED) is 0.675. The average molecular weight is 424 g/mol. The fraction of sp³-hybridized carbons (Fsp3) is 0.250. The summed E-state index contributed by atoms with van der Waals surface area (Å²) in [5, 5.41) is 12.9. The van der Waals surface area contributed by atoms with E-state index in [2.05, 4.69) is 37.2 Å². The number of carbonyl (C=O) groups excluding carboxylic acids is 2. The molecular formula is C12H12Br2N2O5. The van der Waals surface area contributed by atoms with Crippen LogP contribution in [-0.2, 0) is 9.59 Å². The first-order valence-corrected chi connectivity index (χ1v) is 7.27. The van der Waals surface area contributed by atoms with Crippen molar-refractivity contribution < 1.29 is 24.2 Å². The SMILES string of the molecule is COc1cc(NC(=O)NC(=O)CCC(=O)O)c(Br)cc1Br. The van der Waals surface area contributed by atoms with Gasteiger partial charge in [-0.1, -0.05) is 0 Å². The van der Waals surface area contributed by atoms with Crippen LogP contribution in [0.3, 0.4) is 0 Å². The molecule has 0 saturated carbocycles. The average Bonchev–Trinajstić information content (AvgIpc) is 2.39. The number of halogens is 2. The summed E-state index contributed by atoms with van der Waals surface area (Å²) in [4.78, 5) is 33.3. The number of rotatable bonds is 5. The van der Waals surface area contributed by atoms with Crippen LogP contribution in [0.4, 0.5) is 10.5 Å². The van der Waals surface area contributed by atoms with Gasteiger partial charge in [0.25, 0.3) is 0 Å². The highest BCUT2D eigenvalue weighted by molar-refractivity contribution is 9.11. The number of carboxylic acids is 1. The fourth-order valence-corrected chi connectivity index (χ4v) is 2.60. The van der Waals surface area contributed by atoms with Crippen molar-refractivity contribution in [3.05, 3.63) is 21.1 Å². The molecule has 0 aliphatic heterocycles. The minimum atomic E-state index is -1.11. The lowest BCUT2D eigenvalue weighted by molar-refractivity contribution is -0.138. The Balaban J connectivity index is 2.66. The van der Waals surface area contributed by atoms with Crippen LogP contribution in [-0.4, -0.2) is 30.1 Å². The first kappa shape index (κ1) is 17.4. The maximum absolute atomic E-state index is 11.6. The van der Waals surface area contributed by atoms with Gasteiger partial charge in [0.05, 0.1) is 23.7 Å². The number of methoxy groups -OCH3 is 1. The summed E-state index contributed by atoms with van der Waals surface area (Å²) in [5.41, 5.74) is 0.401. The topological polar surface area (TPSA) is 105 Å². The van der Waals surface area contributed by atoms with E-state index >= 15 is 0 Å². The van der Waals surface area contributed by atoms with Gasteiger partial charge in [-0.25, -0.2) is 4.79 Å². The molecule has 0 atom stereocenters. The molecule has 9 heteroatoms.